The molecule has 4 saturated heterocycles. The van der Waals surface area contributed by atoms with Gasteiger partial charge in [-0.05, 0) is 73.7 Å². The average Bonchev–Trinajstić information content (AvgIpc) is 3.16. The predicted octanol–water partition coefficient (Wildman–Crippen LogP) is 4.07. The van der Waals surface area contributed by atoms with Crippen molar-refractivity contribution in [1.29, 1.82) is 0 Å². The first-order valence-electron chi connectivity index (χ1n) is 10.9. The normalized spacial score (nSPS) is 30.9. The van der Waals surface area contributed by atoms with Gasteiger partial charge >= 0.3 is 0 Å². The number of hydrogen-bond acceptors (Lipinski definition) is 4. The lowest BCUT2D eigenvalue weighted by Gasteiger charge is -2.51. The summed E-state index contributed by atoms with van der Waals surface area (Å²) in [5.74, 6) is 3.34. The molecule has 0 aliphatic carbocycles. The summed E-state index contributed by atoms with van der Waals surface area (Å²) in [5, 5.41) is 0. The van der Waals surface area contributed by atoms with E-state index in [1.165, 1.54) is 42.6 Å². The molecule has 0 N–H and O–H groups in total. The van der Waals surface area contributed by atoms with E-state index in [2.05, 4.69) is 59.2 Å². The fourth-order valence-corrected chi connectivity index (χ4v) is 6.14. The van der Waals surface area contributed by atoms with E-state index >= 15 is 0 Å². The number of hydrogen-bond donors (Lipinski definition) is 0. The number of methoxy groups -OCH3 is 2. The molecule has 0 aromatic heterocycles. The number of likely N-dealkylation sites (tertiary alicyclic amines) is 1. The number of piperidine rings is 3. The molecule has 2 bridgehead atoms. The van der Waals surface area contributed by atoms with Crippen LogP contribution in [0.4, 0.5) is 0 Å². The Balaban J connectivity index is 1.43. The van der Waals surface area contributed by atoms with Crippen molar-refractivity contribution in [3.05, 3.63) is 59.2 Å². The Bertz CT molecular complexity index is 858. The molecule has 154 valence electrons. The van der Waals surface area contributed by atoms with E-state index in [1.54, 1.807) is 14.2 Å². The van der Waals surface area contributed by atoms with E-state index in [1.807, 2.05) is 0 Å². The van der Waals surface area contributed by atoms with Crippen molar-refractivity contribution in [2.45, 2.75) is 44.3 Å². The van der Waals surface area contributed by atoms with E-state index in [0.29, 0.717) is 18.0 Å². The zero-order valence-corrected chi connectivity index (χ0v) is 17.8. The fraction of sp³-hybridized carbons (Fsp3) is 0.520. The minimum atomic E-state index is 0.577. The smallest absolute Gasteiger partial charge is 0.121 e. The van der Waals surface area contributed by atoms with Gasteiger partial charge in [-0.15, -0.1) is 0 Å². The highest BCUT2D eigenvalue weighted by atomic mass is 16.5. The number of fused-ring (bicyclic) bond motifs is 2. The first-order valence-corrected chi connectivity index (χ1v) is 10.9. The molecule has 0 saturated carbocycles. The Morgan fingerprint density at radius 3 is 2.34 bits per heavy atom. The minimum absolute atomic E-state index is 0.577. The highest BCUT2D eigenvalue weighted by Crippen LogP contribution is 2.47. The fourth-order valence-electron chi connectivity index (χ4n) is 6.14. The number of aryl methyl sites for hydroxylation is 1. The SMILES string of the molecule is COc1ccc([C@H]2CN(Cc3ccc(OC)c(C)c3)[C@H]3C4CCN(CC4)[C@@H]23)cc1. The Morgan fingerprint density at radius 1 is 0.931 bits per heavy atom. The lowest BCUT2D eigenvalue weighted by atomic mass is 9.75. The first-order chi connectivity index (χ1) is 14.2. The van der Waals surface area contributed by atoms with Crippen LogP contribution in [-0.2, 0) is 6.54 Å². The molecule has 4 fully saturated rings. The quantitative estimate of drug-likeness (QED) is 0.766. The molecule has 4 aliphatic rings. The van der Waals surface area contributed by atoms with Crippen LogP contribution in [-0.4, -0.2) is 55.7 Å². The Morgan fingerprint density at radius 2 is 1.69 bits per heavy atom. The van der Waals surface area contributed by atoms with Crippen LogP contribution in [0.25, 0.3) is 0 Å². The number of nitrogens with zero attached hydrogens (tertiary/aromatic N) is 2. The molecule has 0 radical (unpaired) electrons. The topological polar surface area (TPSA) is 24.9 Å². The van der Waals surface area contributed by atoms with Crippen molar-refractivity contribution in [3.63, 3.8) is 0 Å². The maximum atomic E-state index is 5.46. The molecule has 4 heteroatoms. The maximum absolute atomic E-state index is 5.46. The van der Waals surface area contributed by atoms with Crippen LogP contribution >= 0.6 is 0 Å². The van der Waals surface area contributed by atoms with Crippen LogP contribution in [0.5, 0.6) is 11.5 Å². The summed E-state index contributed by atoms with van der Waals surface area (Å²) in [5.41, 5.74) is 4.08. The Kier molecular flexibility index (Phi) is 5.00. The van der Waals surface area contributed by atoms with Gasteiger partial charge in [0.05, 0.1) is 14.2 Å². The van der Waals surface area contributed by atoms with Crippen LogP contribution in [0.2, 0.25) is 0 Å². The lowest BCUT2D eigenvalue weighted by molar-refractivity contribution is -0.00869. The monoisotopic (exact) mass is 392 g/mol. The van der Waals surface area contributed by atoms with E-state index in [0.717, 1.165) is 30.5 Å². The summed E-state index contributed by atoms with van der Waals surface area (Å²) < 4.78 is 10.8. The van der Waals surface area contributed by atoms with Crippen molar-refractivity contribution < 1.29 is 9.47 Å². The number of benzene rings is 2. The Hall–Kier alpha value is -2.04. The molecular weight excluding hydrogens is 360 g/mol. The third-order valence-corrected chi connectivity index (χ3v) is 7.48. The van der Waals surface area contributed by atoms with Crippen LogP contribution in [0.3, 0.4) is 0 Å². The molecule has 6 rings (SSSR count). The molecule has 4 nitrogen and oxygen atoms in total. The van der Waals surface area contributed by atoms with Crippen LogP contribution in [0, 0.1) is 12.8 Å². The number of ether oxygens (including phenoxy) is 2. The first kappa shape index (κ1) is 19.0. The van der Waals surface area contributed by atoms with Gasteiger partial charge in [-0.2, -0.15) is 0 Å². The van der Waals surface area contributed by atoms with Crippen LogP contribution in [0.1, 0.15) is 35.4 Å². The van der Waals surface area contributed by atoms with Crippen molar-refractivity contribution in [2.24, 2.45) is 5.92 Å². The molecular formula is C25H32N2O2. The van der Waals surface area contributed by atoms with Gasteiger partial charge < -0.3 is 9.47 Å². The summed E-state index contributed by atoms with van der Waals surface area (Å²) in [6, 6.07) is 16.8. The number of rotatable bonds is 5. The van der Waals surface area contributed by atoms with Gasteiger partial charge in [0.1, 0.15) is 11.5 Å². The van der Waals surface area contributed by atoms with Crippen molar-refractivity contribution >= 4 is 0 Å². The van der Waals surface area contributed by atoms with E-state index in [9.17, 15) is 0 Å². The van der Waals surface area contributed by atoms with Gasteiger partial charge in [-0.3, -0.25) is 9.80 Å². The molecule has 2 aromatic carbocycles. The van der Waals surface area contributed by atoms with Crippen molar-refractivity contribution in [1.82, 2.24) is 9.80 Å². The second kappa shape index (κ2) is 7.66. The predicted molar refractivity (Wildman–Crippen MR) is 116 cm³/mol. The van der Waals surface area contributed by atoms with Gasteiger partial charge in [0.25, 0.3) is 0 Å². The van der Waals surface area contributed by atoms with Crippen LogP contribution < -0.4 is 9.47 Å². The summed E-state index contributed by atoms with van der Waals surface area (Å²) in [4.78, 5) is 5.55. The zero-order chi connectivity index (χ0) is 20.0. The van der Waals surface area contributed by atoms with E-state index in [-0.39, 0.29) is 0 Å². The van der Waals surface area contributed by atoms with E-state index in [4.69, 9.17) is 9.47 Å². The van der Waals surface area contributed by atoms with Gasteiger partial charge in [0.2, 0.25) is 0 Å². The molecule has 2 aromatic rings. The molecule has 29 heavy (non-hydrogen) atoms. The second-order valence-electron chi connectivity index (χ2n) is 8.97. The molecule has 0 unspecified atom stereocenters. The summed E-state index contributed by atoms with van der Waals surface area (Å²) in [7, 11) is 3.49. The zero-order valence-electron chi connectivity index (χ0n) is 17.8. The van der Waals surface area contributed by atoms with Gasteiger partial charge in [-0.25, -0.2) is 0 Å². The molecule has 4 aliphatic heterocycles. The lowest BCUT2D eigenvalue weighted by Crippen LogP contribution is -2.59. The summed E-state index contributed by atoms with van der Waals surface area (Å²) in [6.07, 6.45) is 2.71. The highest BCUT2D eigenvalue weighted by molar-refractivity contribution is 5.37. The largest absolute Gasteiger partial charge is 0.497 e. The maximum Gasteiger partial charge on any atom is 0.121 e. The molecule has 0 amide bonds. The van der Waals surface area contributed by atoms with Gasteiger partial charge in [-0.1, -0.05) is 24.3 Å². The third-order valence-electron chi connectivity index (χ3n) is 7.48. The minimum Gasteiger partial charge on any atom is -0.497 e. The summed E-state index contributed by atoms with van der Waals surface area (Å²) in [6.45, 7) is 6.86. The second-order valence-corrected chi connectivity index (χ2v) is 8.97. The van der Waals surface area contributed by atoms with Crippen molar-refractivity contribution in [2.75, 3.05) is 33.9 Å². The van der Waals surface area contributed by atoms with Gasteiger partial charge in [0, 0.05) is 31.1 Å². The molecule has 0 spiro atoms. The van der Waals surface area contributed by atoms with E-state index < -0.39 is 0 Å². The van der Waals surface area contributed by atoms with Crippen molar-refractivity contribution in [3.8, 4) is 11.5 Å². The average molecular weight is 393 g/mol. The molecule has 4 heterocycles. The molecule has 3 atom stereocenters. The highest BCUT2D eigenvalue weighted by Gasteiger charge is 2.53. The summed E-state index contributed by atoms with van der Waals surface area (Å²) >= 11 is 0. The Labute approximate surface area is 174 Å². The van der Waals surface area contributed by atoms with Crippen LogP contribution in [0.15, 0.2) is 42.5 Å². The van der Waals surface area contributed by atoms with Gasteiger partial charge in [0.15, 0.2) is 0 Å². The third kappa shape index (κ3) is 3.32. The standard InChI is InChI=1S/C25H32N2O2/c1-17-14-18(4-9-23(17)29-3)15-27-16-22(19-5-7-21(28-2)8-6-19)25-24(27)20-10-12-26(25)13-11-20/h4-9,14,20,22,24-25H,10-13,15-16H2,1-3H3/t22-,24+,25+/m1/s1.